The lowest BCUT2D eigenvalue weighted by Gasteiger charge is -2.12. The molecule has 2 N–H and O–H groups in total. The van der Waals surface area contributed by atoms with E-state index in [1.54, 1.807) is 0 Å². The third-order valence-corrected chi connectivity index (χ3v) is 4.90. The molecule has 0 spiro atoms. The number of anilines is 2. The third-order valence-electron chi connectivity index (χ3n) is 4.90. The van der Waals surface area contributed by atoms with Crippen molar-refractivity contribution in [2.75, 3.05) is 17.7 Å². The Morgan fingerprint density at radius 2 is 1.94 bits per heavy atom. The molecule has 1 aliphatic heterocycles. The lowest BCUT2D eigenvalue weighted by Crippen LogP contribution is -2.24. The van der Waals surface area contributed by atoms with Crippen molar-refractivity contribution in [3.05, 3.63) is 60.3 Å². The Labute approximate surface area is 186 Å². The van der Waals surface area contributed by atoms with E-state index < -0.39 is 30.0 Å². The number of alkyl halides is 3. The van der Waals surface area contributed by atoms with Gasteiger partial charge in [0.1, 0.15) is 17.6 Å². The fourth-order valence-corrected chi connectivity index (χ4v) is 3.62. The summed E-state index contributed by atoms with van der Waals surface area (Å²) >= 11 is 0. The fourth-order valence-electron chi connectivity index (χ4n) is 3.62. The Bertz CT molecular complexity index is 1180. The maximum absolute atomic E-state index is 12.6. The van der Waals surface area contributed by atoms with Crippen LogP contribution in [0.3, 0.4) is 0 Å². The van der Waals surface area contributed by atoms with Gasteiger partial charge in [0.15, 0.2) is 0 Å². The van der Waals surface area contributed by atoms with Gasteiger partial charge in [0.05, 0.1) is 18.7 Å². The van der Waals surface area contributed by atoms with E-state index in [9.17, 15) is 22.8 Å². The molecule has 0 aliphatic carbocycles. The number of nitrogens with one attached hydrogen (secondary N) is 2. The number of benzene rings is 2. The number of nitrogens with zero attached hydrogens (tertiary/aromatic N) is 2. The van der Waals surface area contributed by atoms with E-state index in [1.165, 1.54) is 23.9 Å². The van der Waals surface area contributed by atoms with Crippen LogP contribution in [-0.4, -0.2) is 35.1 Å². The molecule has 0 bridgehead atoms. The number of ether oxygens (including phenoxy) is 2. The average Bonchev–Trinajstić information content (AvgIpc) is 3.23. The van der Waals surface area contributed by atoms with Crippen LogP contribution in [0.25, 0.3) is 11.1 Å². The van der Waals surface area contributed by atoms with Gasteiger partial charge in [0, 0.05) is 24.4 Å². The van der Waals surface area contributed by atoms with Gasteiger partial charge in [0.2, 0.25) is 5.91 Å². The van der Waals surface area contributed by atoms with Crippen LogP contribution in [0.4, 0.5) is 24.7 Å². The summed E-state index contributed by atoms with van der Waals surface area (Å²) in [6.45, 7) is 0.199. The van der Waals surface area contributed by atoms with E-state index in [4.69, 9.17) is 4.74 Å². The summed E-state index contributed by atoms with van der Waals surface area (Å²) in [6.07, 6.45) is -5.12. The zero-order valence-corrected chi connectivity index (χ0v) is 17.3. The molecule has 11 heteroatoms. The number of carbonyl (C=O) groups is 2. The summed E-state index contributed by atoms with van der Waals surface area (Å²) in [7, 11) is 1.53. The van der Waals surface area contributed by atoms with Crippen LogP contribution >= 0.6 is 0 Å². The van der Waals surface area contributed by atoms with Gasteiger partial charge in [-0.3, -0.25) is 9.59 Å². The highest BCUT2D eigenvalue weighted by Gasteiger charge is 2.37. The Hall–Kier alpha value is -3.86. The number of carbonyl (C=O) groups excluding carboxylic acids is 2. The van der Waals surface area contributed by atoms with E-state index >= 15 is 0 Å². The van der Waals surface area contributed by atoms with E-state index in [0.29, 0.717) is 17.1 Å². The van der Waals surface area contributed by atoms with Gasteiger partial charge in [-0.05, 0) is 17.7 Å². The van der Waals surface area contributed by atoms with Crippen LogP contribution < -0.4 is 15.4 Å². The van der Waals surface area contributed by atoms with Crippen molar-refractivity contribution in [1.82, 2.24) is 9.78 Å². The zero-order chi connectivity index (χ0) is 23.6. The quantitative estimate of drug-likeness (QED) is 0.553. The number of hydrogen-bond acceptors (Lipinski definition) is 5. The number of halogens is 3. The molecule has 1 atom stereocenters. The molecule has 0 saturated heterocycles. The second-order valence-corrected chi connectivity index (χ2v) is 7.25. The van der Waals surface area contributed by atoms with E-state index in [2.05, 4.69) is 20.5 Å². The number of fused-ring (bicyclic) bond motifs is 1. The topological polar surface area (TPSA) is 94.5 Å². The van der Waals surface area contributed by atoms with Crippen LogP contribution in [0, 0.1) is 0 Å². The predicted octanol–water partition coefficient (Wildman–Crippen LogP) is 4.12. The van der Waals surface area contributed by atoms with Crippen molar-refractivity contribution >= 4 is 23.3 Å². The van der Waals surface area contributed by atoms with E-state index in [1.807, 2.05) is 30.3 Å². The summed E-state index contributed by atoms with van der Waals surface area (Å²) in [6, 6.07) is 13.3. The van der Waals surface area contributed by atoms with Gasteiger partial charge in [-0.15, -0.1) is 13.2 Å². The monoisotopic (exact) mass is 460 g/mol. The Kier molecular flexibility index (Phi) is 6.05. The molecule has 2 heterocycles. The summed E-state index contributed by atoms with van der Waals surface area (Å²) in [4.78, 5) is 25.2. The highest BCUT2D eigenvalue weighted by Crippen LogP contribution is 2.38. The molecule has 8 nitrogen and oxygen atoms in total. The summed E-state index contributed by atoms with van der Waals surface area (Å²) in [5.74, 6) is -0.998. The molecule has 2 aromatic carbocycles. The highest BCUT2D eigenvalue weighted by atomic mass is 19.4. The van der Waals surface area contributed by atoms with Crippen LogP contribution in [0.1, 0.15) is 18.2 Å². The Balaban J connectivity index is 1.54. The number of methoxy groups -OCH3 is 1. The van der Waals surface area contributed by atoms with Gasteiger partial charge in [-0.2, -0.15) is 5.10 Å². The first-order valence-electron chi connectivity index (χ1n) is 9.87. The minimum Gasteiger partial charge on any atom is -0.406 e. The molecule has 1 unspecified atom stereocenters. The lowest BCUT2D eigenvalue weighted by atomic mass is 10.1. The van der Waals surface area contributed by atoms with Gasteiger partial charge in [-0.25, -0.2) is 4.68 Å². The molecule has 172 valence electrons. The molecule has 1 aromatic heterocycles. The third kappa shape index (κ3) is 4.98. The normalized spacial score (nSPS) is 15.2. The molecule has 1 aliphatic rings. The lowest BCUT2D eigenvalue weighted by molar-refractivity contribution is -0.274. The predicted molar refractivity (Wildman–Crippen MR) is 112 cm³/mol. The van der Waals surface area contributed by atoms with Crippen molar-refractivity contribution in [3.63, 3.8) is 0 Å². The van der Waals surface area contributed by atoms with Gasteiger partial charge in [-0.1, -0.05) is 36.4 Å². The minimum absolute atomic E-state index is 0.103. The maximum Gasteiger partial charge on any atom is 0.573 e. The second-order valence-electron chi connectivity index (χ2n) is 7.25. The van der Waals surface area contributed by atoms with Gasteiger partial charge in [0.25, 0.3) is 5.91 Å². The average molecular weight is 460 g/mol. The number of amides is 2. The molecule has 2 amide bonds. The molecular formula is C22H19F3N4O4. The van der Waals surface area contributed by atoms with E-state index in [-0.39, 0.29) is 18.7 Å². The van der Waals surface area contributed by atoms with Crippen molar-refractivity contribution in [3.8, 4) is 16.9 Å². The van der Waals surface area contributed by atoms with Crippen LogP contribution in [0.2, 0.25) is 0 Å². The highest BCUT2D eigenvalue weighted by molar-refractivity contribution is 6.04. The van der Waals surface area contributed by atoms with Crippen molar-refractivity contribution in [2.24, 2.45) is 0 Å². The summed E-state index contributed by atoms with van der Waals surface area (Å²) < 4.78 is 47.8. The van der Waals surface area contributed by atoms with Gasteiger partial charge < -0.3 is 20.1 Å². The molecule has 0 fully saturated rings. The molecule has 33 heavy (non-hydrogen) atoms. The molecule has 3 aromatic rings. The van der Waals surface area contributed by atoms with Crippen molar-refractivity contribution < 1.29 is 32.2 Å². The Morgan fingerprint density at radius 1 is 1.18 bits per heavy atom. The first-order valence-corrected chi connectivity index (χ1v) is 9.87. The SMILES string of the molecule is COCc1nn2c(c1-c1ccccc1)NC(=O)C2CC(=O)Nc1cccc(OC(F)(F)F)c1. The fraction of sp³-hybridized carbons (Fsp3) is 0.227. The van der Waals surface area contributed by atoms with Crippen LogP contribution in [-0.2, 0) is 20.9 Å². The van der Waals surface area contributed by atoms with E-state index in [0.717, 1.165) is 17.7 Å². The summed E-state index contributed by atoms with van der Waals surface area (Å²) in [5.41, 5.74) is 2.23. The van der Waals surface area contributed by atoms with Gasteiger partial charge >= 0.3 is 6.36 Å². The van der Waals surface area contributed by atoms with Crippen LogP contribution in [0.15, 0.2) is 54.6 Å². The second kappa shape index (κ2) is 8.94. The maximum atomic E-state index is 12.6. The molecule has 0 radical (unpaired) electrons. The zero-order valence-electron chi connectivity index (χ0n) is 17.3. The molecule has 0 saturated carbocycles. The number of aromatic nitrogens is 2. The van der Waals surface area contributed by atoms with Crippen LogP contribution in [0.5, 0.6) is 5.75 Å². The first kappa shape index (κ1) is 22.3. The smallest absolute Gasteiger partial charge is 0.406 e. The largest absolute Gasteiger partial charge is 0.573 e. The minimum atomic E-state index is -4.85. The Morgan fingerprint density at radius 3 is 2.64 bits per heavy atom. The molecule has 4 rings (SSSR count). The summed E-state index contributed by atoms with van der Waals surface area (Å²) in [5, 5.41) is 9.76. The van der Waals surface area contributed by atoms with Crippen molar-refractivity contribution in [2.45, 2.75) is 25.4 Å². The number of hydrogen-bond donors (Lipinski definition) is 2. The standard InChI is InChI=1S/C22H19F3N4O4/c1-32-12-16-19(13-6-3-2-4-7-13)20-27-21(31)17(29(20)28-16)11-18(30)26-14-8-5-9-15(10-14)33-22(23,24)25/h2-10,17H,11-12H2,1H3,(H,26,30)(H,27,31). The first-order chi connectivity index (χ1) is 15.7. The van der Waals surface area contributed by atoms with Crippen molar-refractivity contribution in [1.29, 1.82) is 0 Å². The molecular weight excluding hydrogens is 441 g/mol. The number of rotatable bonds is 7.